The van der Waals surface area contributed by atoms with Crippen molar-refractivity contribution in [3.05, 3.63) is 6.07 Å². The first-order chi connectivity index (χ1) is 9.22. The Kier molecular flexibility index (Phi) is 5.31. The third-order valence-electron chi connectivity index (χ3n) is 3.58. The molecular weight excluding hydrogens is 256 g/mol. The molecule has 0 bridgehead atoms. The van der Waals surface area contributed by atoms with Crippen LogP contribution < -0.4 is 10.2 Å². The largest absolute Gasteiger partial charge is 0.370 e. The Morgan fingerprint density at radius 3 is 2.79 bits per heavy atom. The number of rotatable bonds is 7. The maximum absolute atomic E-state index is 4.61. The first-order valence-corrected chi connectivity index (χ1v) is 8.33. The number of nitrogens with zero attached hydrogens (tertiary/aromatic N) is 3. The number of anilines is 2. The molecule has 19 heavy (non-hydrogen) atoms. The quantitative estimate of drug-likeness (QED) is 0.613. The fourth-order valence-electron chi connectivity index (χ4n) is 2.20. The van der Waals surface area contributed by atoms with Crippen molar-refractivity contribution in [2.75, 3.05) is 36.6 Å². The highest BCUT2D eigenvalue weighted by Crippen LogP contribution is 2.28. The Morgan fingerprint density at radius 1 is 1.42 bits per heavy atom. The van der Waals surface area contributed by atoms with Crippen molar-refractivity contribution in [1.29, 1.82) is 0 Å². The van der Waals surface area contributed by atoms with Gasteiger partial charge < -0.3 is 10.2 Å². The molecule has 1 N–H and O–H groups in total. The standard InChI is InChI=1S/C14H24N4S/c1-4-8-15-12-9-13(17-14(16-12)19-3)18(2)10-11-6-5-7-11/h9,11H,4-8,10H2,1-3H3,(H,15,16,17). The molecule has 0 aliphatic heterocycles. The fourth-order valence-corrected chi connectivity index (χ4v) is 2.57. The van der Waals surface area contributed by atoms with E-state index in [2.05, 4.69) is 40.2 Å². The van der Waals surface area contributed by atoms with Crippen LogP contribution in [0.5, 0.6) is 0 Å². The van der Waals surface area contributed by atoms with Crippen LogP contribution in [-0.2, 0) is 0 Å². The summed E-state index contributed by atoms with van der Waals surface area (Å²) in [6.07, 6.45) is 7.25. The van der Waals surface area contributed by atoms with Crippen molar-refractivity contribution < 1.29 is 0 Å². The van der Waals surface area contributed by atoms with Crippen molar-refractivity contribution in [3.63, 3.8) is 0 Å². The summed E-state index contributed by atoms with van der Waals surface area (Å²) < 4.78 is 0. The molecule has 1 aromatic heterocycles. The Labute approximate surface area is 120 Å². The maximum Gasteiger partial charge on any atom is 0.191 e. The van der Waals surface area contributed by atoms with Gasteiger partial charge in [0, 0.05) is 26.2 Å². The second kappa shape index (κ2) is 6.98. The van der Waals surface area contributed by atoms with E-state index in [1.165, 1.54) is 19.3 Å². The summed E-state index contributed by atoms with van der Waals surface area (Å²) >= 11 is 1.60. The van der Waals surface area contributed by atoms with Crippen LogP contribution in [0.4, 0.5) is 11.6 Å². The van der Waals surface area contributed by atoms with E-state index in [0.717, 1.165) is 42.2 Å². The van der Waals surface area contributed by atoms with E-state index in [1.807, 2.05) is 6.26 Å². The van der Waals surface area contributed by atoms with Crippen molar-refractivity contribution >= 4 is 23.4 Å². The number of nitrogens with one attached hydrogen (secondary N) is 1. The Morgan fingerprint density at radius 2 is 2.21 bits per heavy atom. The zero-order valence-electron chi connectivity index (χ0n) is 12.1. The van der Waals surface area contributed by atoms with Crippen molar-refractivity contribution in [1.82, 2.24) is 9.97 Å². The molecule has 0 saturated heterocycles. The van der Waals surface area contributed by atoms with Gasteiger partial charge in [-0.05, 0) is 31.4 Å². The smallest absolute Gasteiger partial charge is 0.191 e. The maximum atomic E-state index is 4.61. The molecule has 1 saturated carbocycles. The van der Waals surface area contributed by atoms with Gasteiger partial charge >= 0.3 is 0 Å². The van der Waals surface area contributed by atoms with E-state index in [0.29, 0.717) is 0 Å². The molecule has 4 nitrogen and oxygen atoms in total. The van der Waals surface area contributed by atoms with Gasteiger partial charge in [-0.25, -0.2) is 9.97 Å². The monoisotopic (exact) mass is 280 g/mol. The van der Waals surface area contributed by atoms with Gasteiger partial charge in [-0.1, -0.05) is 25.1 Å². The van der Waals surface area contributed by atoms with Gasteiger partial charge in [-0.15, -0.1) is 0 Å². The lowest BCUT2D eigenvalue weighted by atomic mass is 9.85. The minimum atomic E-state index is 0.844. The molecule has 0 aromatic carbocycles. The first kappa shape index (κ1) is 14.4. The summed E-state index contributed by atoms with van der Waals surface area (Å²) in [5, 5.41) is 4.20. The molecule has 106 valence electrons. The second-order valence-corrected chi connectivity index (χ2v) is 5.98. The first-order valence-electron chi connectivity index (χ1n) is 7.11. The van der Waals surface area contributed by atoms with Gasteiger partial charge in [-0.3, -0.25) is 0 Å². The van der Waals surface area contributed by atoms with Gasteiger partial charge in [0.2, 0.25) is 0 Å². The minimum absolute atomic E-state index is 0.844. The number of thioether (sulfide) groups is 1. The van der Waals surface area contributed by atoms with Crippen molar-refractivity contribution in [3.8, 4) is 0 Å². The number of hydrogen-bond donors (Lipinski definition) is 1. The third-order valence-corrected chi connectivity index (χ3v) is 4.13. The minimum Gasteiger partial charge on any atom is -0.370 e. The van der Waals surface area contributed by atoms with Crippen LogP contribution in [0, 0.1) is 5.92 Å². The van der Waals surface area contributed by atoms with Crippen LogP contribution in [0.15, 0.2) is 11.2 Å². The fraction of sp³-hybridized carbons (Fsp3) is 0.714. The summed E-state index contributed by atoms with van der Waals surface area (Å²) in [5.41, 5.74) is 0. The van der Waals surface area contributed by atoms with Gasteiger partial charge in [0.25, 0.3) is 0 Å². The molecule has 2 rings (SSSR count). The second-order valence-electron chi connectivity index (χ2n) is 5.20. The highest BCUT2D eigenvalue weighted by atomic mass is 32.2. The lowest BCUT2D eigenvalue weighted by molar-refractivity contribution is 0.321. The zero-order chi connectivity index (χ0) is 13.7. The van der Waals surface area contributed by atoms with Crippen LogP contribution in [0.2, 0.25) is 0 Å². The summed E-state index contributed by atoms with van der Waals surface area (Å²) in [6, 6.07) is 2.06. The van der Waals surface area contributed by atoms with Crippen LogP contribution >= 0.6 is 11.8 Å². The Bertz CT molecular complexity index is 406. The van der Waals surface area contributed by atoms with E-state index in [-0.39, 0.29) is 0 Å². The SMILES string of the molecule is CCCNc1cc(N(C)CC2CCC2)nc(SC)n1. The average Bonchev–Trinajstić information content (AvgIpc) is 2.39. The van der Waals surface area contributed by atoms with Crippen LogP contribution in [0.25, 0.3) is 0 Å². The van der Waals surface area contributed by atoms with E-state index in [9.17, 15) is 0 Å². The molecular formula is C14H24N4S. The zero-order valence-corrected chi connectivity index (χ0v) is 13.0. The number of aromatic nitrogens is 2. The third kappa shape index (κ3) is 4.00. The lowest BCUT2D eigenvalue weighted by Gasteiger charge is -2.30. The van der Waals surface area contributed by atoms with Crippen molar-refractivity contribution in [2.45, 2.75) is 37.8 Å². The number of hydrogen-bond acceptors (Lipinski definition) is 5. The summed E-state index contributed by atoms with van der Waals surface area (Å²) in [7, 11) is 2.13. The molecule has 1 aromatic rings. The van der Waals surface area contributed by atoms with Gasteiger partial charge in [0.15, 0.2) is 5.16 Å². The molecule has 1 aliphatic rings. The molecule has 5 heteroatoms. The molecule has 0 amide bonds. The van der Waals surface area contributed by atoms with E-state index >= 15 is 0 Å². The molecule has 1 fully saturated rings. The van der Waals surface area contributed by atoms with Crippen LogP contribution in [0.1, 0.15) is 32.6 Å². The van der Waals surface area contributed by atoms with E-state index in [1.54, 1.807) is 11.8 Å². The van der Waals surface area contributed by atoms with E-state index < -0.39 is 0 Å². The summed E-state index contributed by atoms with van der Waals surface area (Å²) in [4.78, 5) is 11.4. The Balaban J connectivity index is 2.07. The van der Waals surface area contributed by atoms with Crippen LogP contribution in [0.3, 0.4) is 0 Å². The van der Waals surface area contributed by atoms with Gasteiger partial charge in [-0.2, -0.15) is 0 Å². The Hall–Kier alpha value is -0.970. The van der Waals surface area contributed by atoms with Crippen LogP contribution in [-0.4, -0.2) is 36.4 Å². The summed E-state index contributed by atoms with van der Waals surface area (Å²) in [5.74, 6) is 2.83. The lowest BCUT2D eigenvalue weighted by Crippen LogP contribution is -2.30. The van der Waals surface area contributed by atoms with Gasteiger partial charge in [0.05, 0.1) is 0 Å². The van der Waals surface area contributed by atoms with E-state index in [4.69, 9.17) is 0 Å². The average molecular weight is 280 g/mol. The molecule has 0 unspecified atom stereocenters. The molecule has 0 atom stereocenters. The molecule has 1 heterocycles. The topological polar surface area (TPSA) is 41.0 Å². The highest BCUT2D eigenvalue weighted by molar-refractivity contribution is 7.98. The highest BCUT2D eigenvalue weighted by Gasteiger charge is 2.20. The normalized spacial score (nSPS) is 15.1. The summed E-state index contributed by atoms with van der Waals surface area (Å²) in [6.45, 7) is 4.22. The predicted molar refractivity (Wildman–Crippen MR) is 83.2 cm³/mol. The van der Waals surface area contributed by atoms with Gasteiger partial charge in [0.1, 0.15) is 11.6 Å². The van der Waals surface area contributed by atoms with Crippen molar-refractivity contribution in [2.24, 2.45) is 5.92 Å². The molecule has 0 radical (unpaired) electrons. The molecule has 0 spiro atoms. The molecule has 1 aliphatic carbocycles. The predicted octanol–water partition coefficient (Wildman–Crippen LogP) is 3.26.